The van der Waals surface area contributed by atoms with E-state index >= 15 is 0 Å². The summed E-state index contributed by atoms with van der Waals surface area (Å²) in [4.78, 5) is 0. The van der Waals surface area contributed by atoms with E-state index in [4.69, 9.17) is 5.73 Å². The standard InChI is InChI=1S/C12H18BrN/c1-4-5-12(14)10-6-9(3)11(13)7-8(10)2/h6-7,12H,4-5,14H2,1-3H3/t12-/m1/s1. The number of hydrogen-bond acceptors (Lipinski definition) is 1. The molecule has 0 radical (unpaired) electrons. The molecule has 78 valence electrons. The van der Waals surface area contributed by atoms with Crippen LogP contribution in [0.2, 0.25) is 0 Å². The molecule has 1 aromatic rings. The normalized spacial score (nSPS) is 12.9. The van der Waals surface area contributed by atoms with E-state index in [2.05, 4.69) is 48.8 Å². The van der Waals surface area contributed by atoms with Crippen molar-refractivity contribution in [2.24, 2.45) is 5.73 Å². The van der Waals surface area contributed by atoms with Crippen molar-refractivity contribution < 1.29 is 0 Å². The highest BCUT2D eigenvalue weighted by Gasteiger charge is 2.09. The number of nitrogens with two attached hydrogens (primary N) is 1. The Labute approximate surface area is 94.8 Å². The van der Waals surface area contributed by atoms with E-state index in [1.807, 2.05) is 0 Å². The molecule has 1 atom stereocenters. The Kier molecular flexibility index (Phi) is 4.14. The molecule has 14 heavy (non-hydrogen) atoms. The molecule has 1 rings (SSSR count). The van der Waals surface area contributed by atoms with E-state index in [0.717, 1.165) is 12.8 Å². The van der Waals surface area contributed by atoms with Crippen LogP contribution >= 0.6 is 15.9 Å². The Morgan fingerprint density at radius 2 is 1.93 bits per heavy atom. The third-order valence-electron chi connectivity index (χ3n) is 2.55. The van der Waals surface area contributed by atoms with Crippen molar-refractivity contribution in [1.82, 2.24) is 0 Å². The van der Waals surface area contributed by atoms with E-state index in [-0.39, 0.29) is 6.04 Å². The lowest BCUT2D eigenvalue weighted by Gasteiger charge is -2.15. The van der Waals surface area contributed by atoms with Crippen LogP contribution < -0.4 is 5.73 Å². The molecule has 0 spiro atoms. The Bertz CT molecular complexity index is 320. The summed E-state index contributed by atoms with van der Waals surface area (Å²) in [5, 5.41) is 0. The van der Waals surface area contributed by atoms with Gasteiger partial charge in [-0.3, -0.25) is 0 Å². The minimum absolute atomic E-state index is 0.187. The maximum Gasteiger partial charge on any atom is 0.0297 e. The highest BCUT2D eigenvalue weighted by atomic mass is 79.9. The molecule has 0 unspecified atom stereocenters. The molecule has 2 heteroatoms. The molecule has 0 fully saturated rings. The smallest absolute Gasteiger partial charge is 0.0297 e. The Morgan fingerprint density at radius 1 is 1.29 bits per heavy atom. The second-order valence-corrected chi connectivity index (χ2v) is 4.71. The van der Waals surface area contributed by atoms with Crippen LogP contribution in [0.5, 0.6) is 0 Å². The monoisotopic (exact) mass is 255 g/mol. The van der Waals surface area contributed by atoms with E-state index in [1.165, 1.54) is 21.2 Å². The Hall–Kier alpha value is -0.340. The lowest BCUT2D eigenvalue weighted by atomic mass is 9.97. The van der Waals surface area contributed by atoms with Crippen molar-refractivity contribution in [2.75, 3.05) is 0 Å². The topological polar surface area (TPSA) is 26.0 Å². The van der Waals surface area contributed by atoms with Crippen LogP contribution in [0, 0.1) is 13.8 Å². The van der Waals surface area contributed by atoms with Crippen molar-refractivity contribution in [3.05, 3.63) is 33.3 Å². The average Bonchev–Trinajstić information content (AvgIpc) is 2.11. The predicted molar refractivity (Wildman–Crippen MR) is 65.5 cm³/mol. The summed E-state index contributed by atoms with van der Waals surface area (Å²) in [5.74, 6) is 0. The molecule has 1 aromatic carbocycles. The van der Waals surface area contributed by atoms with Crippen LogP contribution in [0.15, 0.2) is 16.6 Å². The van der Waals surface area contributed by atoms with Crippen LogP contribution in [-0.2, 0) is 0 Å². The first-order valence-corrected chi connectivity index (χ1v) is 5.87. The largest absolute Gasteiger partial charge is 0.324 e. The fraction of sp³-hybridized carbons (Fsp3) is 0.500. The minimum atomic E-state index is 0.187. The lowest BCUT2D eigenvalue weighted by molar-refractivity contribution is 0.634. The van der Waals surface area contributed by atoms with Gasteiger partial charge in [0.1, 0.15) is 0 Å². The minimum Gasteiger partial charge on any atom is -0.324 e. The van der Waals surface area contributed by atoms with Gasteiger partial charge in [-0.2, -0.15) is 0 Å². The molecule has 0 aliphatic rings. The van der Waals surface area contributed by atoms with Gasteiger partial charge in [0.2, 0.25) is 0 Å². The zero-order chi connectivity index (χ0) is 10.7. The highest BCUT2D eigenvalue weighted by molar-refractivity contribution is 9.10. The molecule has 0 aromatic heterocycles. The van der Waals surface area contributed by atoms with Crippen LogP contribution in [0.3, 0.4) is 0 Å². The van der Waals surface area contributed by atoms with Crippen LogP contribution in [0.25, 0.3) is 0 Å². The summed E-state index contributed by atoms with van der Waals surface area (Å²) >= 11 is 3.53. The van der Waals surface area contributed by atoms with Crippen LogP contribution in [-0.4, -0.2) is 0 Å². The summed E-state index contributed by atoms with van der Waals surface area (Å²) in [6.07, 6.45) is 2.19. The van der Waals surface area contributed by atoms with Gasteiger partial charge in [-0.15, -0.1) is 0 Å². The van der Waals surface area contributed by atoms with Crippen molar-refractivity contribution in [3.8, 4) is 0 Å². The molecular formula is C12H18BrN. The Morgan fingerprint density at radius 3 is 2.50 bits per heavy atom. The van der Waals surface area contributed by atoms with Gasteiger partial charge < -0.3 is 5.73 Å². The zero-order valence-electron chi connectivity index (χ0n) is 9.10. The molecule has 0 bridgehead atoms. The lowest BCUT2D eigenvalue weighted by Crippen LogP contribution is -2.11. The van der Waals surface area contributed by atoms with E-state index < -0.39 is 0 Å². The fourth-order valence-electron chi connectivity index (χ4n) is 1.67. The van der Waals surface area contributed by atoms with E-state index in [9.17, 15) is 0 Å². The number of aryl methyl sites for hydroxylation is 2. The van der Waals surface area contributed by atoms with Gasteiger partial charge in [0.05, 0.1) is 0 Å². The van der Waals surface area contributed by atoms with E-state index in [0.29, 0.717) is 0 Å². The van der Waals surface area contributed by atoms with Crippen molar-refractivity contribution in [1.29, 1.82) is 0 Å². The molecule has 0 heterocycles. The van der Waals surface area contributed by atoms with Gasteiger partial charge in [-0.05, 0) is 43.0 Å². The zero-order valence-corrected chi connectivity index (χ0v) is 10.7. The fourth-order valence-corrected chi connectivity index (χ4v) is 2.13. The molecule has 0 amide bonds. The van der Waals surface area contributed by atoms with Gasteiger partial charge in [0, 0.05) is 10.5 Å². The third-order valence-corrected chi connectivity index (χ3v) is 3.40. The summed E-state index contributed by atoms with van der Waals surface area (Å²) in [6, 6.07) is 4.53. The van der Waals surface area contributed by atoms with Crippen LogP contribution in [0.4, 0.5) is 0 Å². The van der Waals surface area contributed by atoms with Gasteiger partial charge in [0.25, 0.3) is 0 Å². The summed E-state index contributed by atoms with van der Waals surface area (Å²) in [7, 11) is 0. The first-order valence-electron chi connectivity index (χ1n) is 5.08. The van der Waals surface area contributed by atoms with Gasteiger partial charge >= 0.3 is 0 Å². The van der Waals surface area contributed by atoms with Crippen molar-refractivity contribution in [2.45, 2.75) is 39.7 Å². The van der Waals surface area contributed by atoms with Crippen molar-refractivity contribution in [3.63, 3.8) is 0 Å². The van der Waals surface area contributed by atoms with Crippen molar-refractivity contribution >= 4 is 15.9 Å². The number of halogens is 1. The summed E-state index contributed by atoms with van der Waals surface area (Å²) in [5.41, 5.74) is 9.94. The third kappa shape index (κ3) is 2.58. The average molecular weight is 256 g/mol. The molecule has 0 aliphatic heterocycles. The second-order valence-electron chi connectivity index (χ2n) is 3.85. The predicted octanol–water partition coefficient (Wildman–Crippen LogP) is 3.87. The Balaban J connectivity index is 3.02. The number of hydrogen-bond donors (Lipinski definition) is 1. The quantitative estimate of drug-likeness (QED) is 0.872. The van der Waals surface area contributed by atoms with E-state index in [1.54, 1.807) is 0 Å². The summed E-state index contributed by atoms with van der Waals surface area (Å²) < 4.78 is 1.17. The molecule has 2 N–H and O–H groups in total. The van der Waals surface area contributed by atoms with Crippen LogP contribution in [0.1, 0.15) is 42.5 Å². The van der Waals surface area contributed by atoms with Gasteiger partial charge in [0.15, 0.2) is 0 Å². The highest BCUT2D eigenvalue weighted by Crippen LogP contribution is 2.26. The second kappa shape index (κ2) is 4.94. The molecule has 0 aliphatic carbocycles. The maximum atomic E-state index is 6.11. The molecular weight excluding hydrogens is 238 g/mol. The van der Waals surface area contributed by atoms with Gasteiger partial charge in [-0.1, -0.05) is 35.3 Å². The maximum absolute atomic E-state index is 6.11. The summed E-state index contributed by atoms with van der Waals surface area (Å²) in [6.45, 7) is 6.39. The SMILES string of the molecule is CCC[C@@H](N)c1cc(C)c(Br)cc1C. The first kappa shape index (κ1) is 11.7. The molecule has 0 saturated heterocycles. The number of benzene rings is 1. The molecule has 0 saturated carbocycles. The van der Waals surface area contributed by atoms with Gasteiger partial charge in [-0.25, -0.2) is 0 Å². The number of rotatable bonds is 3. The first-order chi connectivity index (χ1) is 6.56. The molecule has 1 nitrogen and oxygen atoms in total.